The Hall–Kier alpha value is -4.01. The highest BCUT2D eigenvalue weighted by molar-refractivity contribution is 6.08. The lowest BCUT2D eigenvalue weighted by Gasteiger charge is -2.27. The van der Waals surface area contributed by atoms with E-state index in [4.69, 9.17) is 9.97 Å². The first-order valence-electron chi connectivity index (χ1n) is 12.9. The number of nitriles is 2. The van der Waals surface area contributed by atoms with E-state index in [-0.39, 0.29) is 11.9 Å². The highest BCUT2D eigenvalue weighted by Gasteiger charge is 2.31. The maximum Gasteiger partial charge on any atom is 0.255 e. The molecule has 188 valence electrons. The summed E-state index contributed by atoms with van der Waals surface area (Å²) < 4.78 is 0. The Kier molecular flexibility index (Phi) is 6.78. The zero-order valence-corrected chi connectivity index (χ0v) is 21.5. The van der Waals surface area contributed by atoms with Crippen molar-refractivity contribution in [1.82, 2.24) is 20.6 Å². The summed E-state index contributed by atoms with van der Waals surface area (Å²) in [6.45, 7) is 8.55. The number of nitrogens with one attached hydrogen (secondary N) is 2. The van der Waals surface area contributed by atoms with Gasteiger partial charge in [0.25, 0.3) is 5.91 Å². The van der Waals surface area contributed by atoms with Crippen molar-refractivity contribution in [1.29, 1.82) is 10.5 Å². The molecular weight excluding hydrogens is 462 g/mol. The van der Waals surface area contributed by atoms with Crippen molar-refractivity contribution in [2.24, 2.45) is 0 Å². The quantitative estimate of drug-likeness (QED) is 0.546. The number of carbonyl (C=O) groups is 1. The van der Waals surface area contributed by atoms with Crippen molar-refractivity contribution in [3.63, 3.8) is 0 Å². The second kappa shape index (κ2) is 10.2. The van der Waals surface area contributed by atoms with E-state index in [1.165, 1.54) is 0 Å². The van der Waals surface area contributed by atoms with Crippen LogP contribution in [0.15, 0.2) is 30.5 Å². The Morgan fingerprint density at radius 1 is 1.16 bits per heavy atom. The van der Waals surface area contributed by atoms with E-state index in [1.54, 1.807) is 24.4 Å². The number of nitrogens with zero attached hydrogens (tertiary/aromatic N) is 5. The molecule has 1 amide bonds. The number of amides is 1. The fourth-order valence-corrected chi connectivity index (χ4v) is 5.10. The fourth-order valence-electron chi connectivity index (χ4n) is 5.10. The Morgan fingerprint density at radius 2 is 1.95 bits per heavy atom. The second-order valence-electron chi connectivity index (χ2n) is 10.2. The average molecular weight is 494 g/mol. The summed E-state index contributed by atoms with van der Waals surface area (Å²) in [5, 5.41) is 26.3. The number of benzene rings is 1. The Balaban J connectivity index is 1.55. The number of aryl methyl sites for hydroxylation is 1. The van der Waals surface area contributed by atoms with Gasteiger partial charge in [-0.05, 0) is 63.8 Å². The number of fused-ring (bicyclic) bond motifs is 1. The molecule has 37 heavy (non-hydrogen) atoms. The largest absolute Gasteiger partial charge is 0.369 e. The molecular formula is C29H31N7O. The van der Waals surface area contributed by atoms with Crippen molar-refractivity contribution in [3.05, 3.63) is 64.1 Å². The van der Waals surface area contributed by atoms with Gasteiger partial charge in [-0.1, -0.05) is 6.07 Å². The lowest BCUT2D eigenvalue weighted by atomic mass is 10.0. The molecule has 1 aliphatic heterocycles. The van der Waals surface area contributed by atoms with Crippen LogP contribution in [0, 0.1) is 29.6 Å². The average Bonchev–Trinajstić information content (AvgIpc) is 3.75. The summed E-state index contributed by atoms with van der Waals surface area (Å²) in [4.78, 5) is 25.7. The molecule has 2 atom stereocenters. The third kappa shape index (κ3) is 4.98. The molecule has 0 unspecified atom stereocenters. The maximum absolute atomic E-state index is 13.8. The molecule has 2 N–H and O–H groups in total. The van der Waals surface area contributed by atoms with Gasteiger partial charge in [-0.25, -0.2) is 0 Å². The van der Waals surface area contributed by atoms with Crippen LogP contribution < -0.4 is 15.5 Å². The van der Waals surface area contributed by atoms with Gasteiger partial charge in [-0.3, -0.25) is 14.8 Å². The van der Waals surface area contributed by atoms with Gasteiger partial charge in [0.05, 0.1) is 39.6 Å². The van der Waals surface area contributed by atoms with Crippen molar-refractivity contribution in [2.45, 2.75) is 58.0 Å². The summed E-state index contributed by atoms with van der Waals surface area (Å²) in [6, 6.07) is 11.3. The molecule has 2 fully saturated rings. The van der Waals surface area contributed by atoms with Crippen LogP contribution >= 0.6 is 0 Å². The molecule has 0 spiro atoms. The molecule has 1 saturated carbocycles. The molecule has 8 heteroatoms. The van der Waals surface area contributed by atoms with Crippen molar-refractivity contribution < 1.29 is 4.79 Å². The topological polar surface area (TPSA) is 118 Å². The number of aromatic nitrogens is 2. The molecule has 8 nitrogen and oxygen atoms in total. The van der Waals surface area contributed by atoms with E-state index in [0.29, 0.717) is 28.7 Å². The lowest BCUT2D eigenvalue weighted by molar-refractivity contribution is 0.0940. The van der Waals surface area contributed by atoms with Crippen molar-refractivity contribution in [3.8, 4) is 12.1 Å². The lowest BCUT2D eigenvalue weighted by Crippen LogP contribution is -2.33. The fraction of sp³-hybridized carbons (Fsp3) is 0.414. The smallest absolute Gasteiger partial charge is 0.255 e. The van der Waals surface area contributed by atoms with Gasteiger partial charge in [-0.2, -0.15) is 10.5 Å². The van der Waals surface area contributed by atoms with Gasteiger partial charge < -0.3 is 15.5 Å². The predicted octanol–water partition coefficient (Wildman–Crippen LogP) is 4.24. The van der Waals surface area contributed by atoms with Crippen molar-refractivity contribution >= 4 is 22.5 Å². The minimum atomic E-state index is -0.358. The Labute approximate surface area is 217 Å². The summed E-state index contributed by atoms with van der Waals surface area (Å²) in [6.07, 6.45) is 4.93. The molecule has 1 aromatic carbocycles. The molecule has 0 radical (unpaired) electrons. The molecule has 2 aromatic heterocycles. The number of carbonyl (C=O) groups excluding carboxylic acids is 1. The predicted molar refractivity (Wildman–Crippen MR) is 142 cm³/mol. The zero-order valence-electron chi connectivity index (χ0n) is 21.5. The van der Waals surface area contributed by atoms with Gasteiger partial charge in [0.2, 0.25) is 0 Å². The van der Waals surface area contributed by atoms with E-state index in [2.05, 4.69) is 34.6 Å². The normalized spacial score (nSPS) is 18.5. The Bertz CT molecular complexity index is 1450. The molecule has 0 bridgehead atoms. The van der Waals surface area contributed by atoms with Crippen LogP contribution in [0.3, 0.4) is 0 Å². The summed E-state index contributed by atoms with van der Waals surface area (Å²) in [5.41, 5.74) is 5.71. The monoisotopic (exact) mass is 493 g/mol. The summed E-state index contributed by atoms with van der Waals surface area (Å²) >= 11 is 0. The third-order valence-corrected chi connectivity index (χ3v) is 7.34. The van der Waals surface area contributed by atoms with Gasteiger partial charge in [0.1, 0.15) is 12.1 Å². The molecule has 1 aliphatic carbocycles. The van der Waals surface area contributed by atoms with E-state index in [1.807, 2.05) is 19.9 Å². The molecule has 2 aliphatic rings. The van der Waals surface area contributed by atoms with E-state index in [9.17, 15) is 15.3 Å². The van der Waals surface area contributed by atoms with Gasteiger partial charge in [0.15, 0.2) is 0 Å². The number of hydrogen-bond acceptors (Lipinski definition) is 7. The first-order chi connectivity index (χ1) is 17.9. The van der Waals surface area contributed by atoms with Gasteiger partial charge in [0, 0.05) is 48.9 Å². The van der Waals surface area contributed by atoms with E-state index < -0.39 is 0 Å². The van der Waals surface area contributed by atoms with E-state index >= 15 is 0 Å². The van der Waals surface area contributed by atoms with Crippen LogP contribution in [0.2, 0.25) is 0 Å². The molecule has 3 heterocycles. The highest BCUT2D eigenvalue weighted by Crippen LogP contribution is 2.43. The first kappa shape index (κ1) is 24.7. The third-order valence-electron chi connectivity index (χ3n) is 7.34. The van der Waals surface area contributed by atoms with Crippen LogP contribution in [-0.4, -0.2) is 41.6 Å². The maximum atomic E-state index is 13.8. The van der Waals surface area contributed by atoms with Crippen LogP contribution in [0.25, 0.3) is 10.9 Å². The van der Waals surface area contributed by atoms with Crippen LogP contribution in [0.5, 0.6) is 0 Å². The zero-order chi connectivity index (χ0) is 26.1. The summed E-state index contributed by atoms with van der Waals surface area (Å²) in [7, 11) is 0. The molecule has 3 aromatic rings. The van der Waals surface area contributed by atoms with Gasteiger partial charge in [-0.15, -0.1) is 0 Å². The number of pyridine rings is 2. The first-order valence-corrected chi connectivity index (χ1v) is 12.9. The van der Waals surface area contributed by atoms with E-state index in [0.717, 1.165) is 72.4 Å². The van der Waals surface area contributed by atoms with Crippen LogP contribution in [-0.2, 0) is 0 Å². The number of rotatable bonds is 5. The van der Waals surface area contributed by atoms with Gasteiger partial charge >= 0.3 is 0 Å². The Morgan fingerprint density at radius 3 is 2.68 bits per heavy atom. The van der Waals surface area contributed by atoms with Crippen LogP contribution in [0.4, 0.5) is 5.69 Å². The summed E-state index contributed by atoms with van der Waals surface area (Å²) in [5.74, 6) is 0.228. The van der Waals surface area contributed by atoms with Crippen LogP contribution in [0.1, 0.15) is 83.5 Å². The van der Waals surface area contributed by atoms with Crippen molar-refractivity contribution in [2.75, 3.05) is 24.5 Å². The second-order valence-corrected chi connectivity index (χ2v) is 10.2. The molecule has 5 rings (SSSR count). The minimum absolute atomic E-state index is 0.215. The SMILES string of the molecule is Cc1cc2c(N3CCN[C@@H](C)CC3)c(C(=O)N[C@@H](C)c3ccc(C#N)c(C#N)c3)cnc2c(C2CC2)n1. The standard InChI is InChI=1S/C29H31N7O/c1-17-8-10-36(11-9-32-17)28-24-12-18(2)34-26(20-4-5-20)27(24)33-16-25(28)29(37)35-19(3)21-6-7-22(14-30)23(13-21)15-31/h6-7,12-13,16-17,19-20,32H,4-5,8-11H2,1-3H3,(H,35,37)/t17-,19-/m0/s1. The minimum Gasteiger partial charge on any atom is -0.369 e. The highest BCUT2D eigenvalue weighted by atomic mass is 16.1. The molecule has 1 saturated heterocycles. The number of hydrogen-bond donors (Lipinski definition) is 2. The number of anilines is 1.